The second-order valence-corrected chi connectivity index (χ2v) is 5.41. The van der Waals surface area contributed by atoms with Crippen molar-refractivity contribution >= 4 is 10.9 Å². The van der Waals surface area contributed by atoms with Crippen molar-refractivity contribution in [2.75, 3.05) is 6.54 Å². The Morgan fingerprint density at radius 2 is 1.70 bits per heavy atom. The van der Waals surface area contributed by atoms with Crippen molar-refractivity contribution in [3.8, 4) is 11.1 Å². The van der Waals surface area contributed by atoms with Gasteiger partial charge in [-0.1, -0.05) is 24.3 Å². The number of aromatic nitrogens is 1. The van der Waals surface area contributed by atoms with E-state index < -0.39 is 0 Å². The first-order chi connectivity index (χ1) is 9.69. The van der Waals surface area contributed by atoms with E-state index in [-0.39, 0.29) is 0 Å². The Morgan fingerprint density at radius 1 is 0.950 bits per heavy atom. The van der Waals surface area contributed by atoms with Crippen LogP contribution in [-0.4, -0.2) is 11.5 Å². The van der Waals surface area contributed by atoms with E-state index in [0.717, 1.165) is 6.42 Å². The third-order valence-electron chi connectivity index (χ3n) is 4.02. The highest BCUT2D eigenvalue weighted by Gasteiger charge is 2.06. The number of aromatic amines is 1. The van der Waals surface area contributed by atoms with Gasteiger partial charge in [0, 0.05) is 17.1 Å². The fourth-order valence-electron chi connectivity index (χ4n) is 2.64. The molecule has 3 aromatic rings. The van der Waals surface area contributed by atoms with Gasteiger partial charge < -0.3 is 10.7 Å². The molecule has 0 aliphatic heterocycles. The van der Waals surface area contributed by atoms with E-state index in [1.54, 1.807) is 0 Å². The summed E-state index contributed by atoms with van der Waals surface area (Å²) in [7, 11) is 0. The first kappa shape index (κ1) is 12.9. The van der Waals surface area contributed by atoms with Crippen molar-refractivity contribution in [2.45, 2.75) is 20.3 Å². The summed E-state index contributed by atoms with van der Waals surface area (Å²) in [5, 5.41) is 1.28. The summed E-state index contributed by atoms with van der Waals surface area (Å²) in [4.78, 5) is 3.32. The summed E-state index contributed by atoms with van der Waals surface area (Å²) < 4.78 is 0. The van der Waals surface area contributed by atoms with Crippen molar-refractivity contribution in [2.24, 2.45) is 5.73 Å². The molecule has 3 rings (SSSR count). The average molecular weight is 264 g/mol. The molecule has 0 fully saturated rings. The summed E-state index contributed by atoms with van der Waals surface area (Å²) in [5.74, 6) is 0. The Bertz CT molecular complexity index is 753. The van der Waals surface area contributed by atoms with E-state index in [9.17, 15) is 0 Å². The third-order valence-corrected chi connectivity index (χ3v) is 4.02. The number of fused-ring (bicyclic) bond motifs is 1. The molecule has 0 aliphatic rings. The van der Waals surface area contributed by atoms with Gasteiger partial charge >= 0.3 is 0 Å². The molecule has 0 saturated carbocycles. The Balaban J connectivity index is 2.11. The van der Waals surface area contributed by atoms with Gasteiger partial charge in [-0.2, -0.15) is 0 Å². The molecule has 2 heteroatoms. The predicted octanol–water partition coefficient (Wildman–Crippen LogP) is 3.95. The monoisotopic (exact) mass is 264 g/mol. The molecule has 2 aromatic carbocycles. The van der Waals surface area contributed by atoms with Gasteiger partial charge in [0.05, 0.1) is 0 Å². The lowest BCUT2D eigenvalue weighted by atomic mass is 9.98. The van der Waals surface area contributed by atoms with Gasteiger partial charge in [-0.25, -0.2) is 0 Å². The van der Waals surface area contributed by atoms with E-state index in [2.05, 4.69) is 61.4 Å². The average Bonchev–Trinajstić information content (AvgIpc) is 2.85. The van der Waals surface area contributed by atoms with E-state index >= 15 is 0 Å². The molecule has 2 nitrogen and oxygen atoms in total. The SMILES string of the molecule is Cc1ccc(-c2ccc3[nH]cc(CCN)c3c2)cc1C. The van der Waals surface area contributed by atoms with Crippen molar-refractivity contribution in [1.29, 1.82) is 0 Å². The van der Waals surface area contributed by atoms with Crippen LogP contribution in [0.1, 0.15) is 16.7 Å². The van der Waals surface area contributed by atoms with Crippen LogP contribution in [0, 0.1) is 13.8 Å². The second-order valence-electron chi connectivity index (χ2n) is 5.41. The van der Waals surface area contributed by atoms with Crippen LogP contribution in [0.4, 0.5) is 0 Å². The zero-order valence-corrected chi connectivity index (χ0v) is 12.0. The van der Waals surface area contributed by atoms with Gasteiger partial charge in [-0.3, -0.25) is 0 Å². The standard InChI is InChI=1S/C18H20N2/c1-12-3-4-14(9-13(12)2)15-5-6-18-17(10-15)16(7-8-19)11-20-18/h3-6,9-11,20H,7-8,19H2,1-2H3. The summed E-state index contributed by atoms with van der Waals surface area (Å²) in [6.07, 6.45) is 2.98. The van der Waals surface area contributed by atoms with Crippen LogP contribution < -0.4 is 5.73 Å². The van der Waals surface area contributed by atoms with E-state index in [1.807, 2.05) is 0 Å². The van der Waals surface area contributed by atoms with E-state index in [4.69, 9.17) is 5.73 Å². The van der Waals surface area contributed by atoms with Crippen molar-refractivity contribution in [3.05, 3.63) is 59.3 Å². The molecule has 0 amide bonds. The second kappa shape index (κ2) is 5.14. The number of nitrogens with two attached hydrogens (primary N) is 1. The van der Waals surface area contributed by atoms with Crippen LogP contribution in [0.5, 0.6) is 0 Å². The first-order valence-electron chi connectivity index (χ1n) is 7.07. The number of aryl methyl sites for hydroxylation is 2. The largest absolute Gasteiger partial charge is 0.361 e. The number of hydrogen-bond acceptors (Lipinski definition) is 1. The molecule has 3 N–H and O–H groups in total. The Hall–Kier alpha value is -2.06. The first-order valence-corrected chi connectivity index (χ1v) is 7.07. The fourth-order valence-corrected chi connectivity index (χ4v) is 2.64. The highest BCUT2D eigenvalue weighted by Crippen LogP contribution is 2.27. The number of rotatable bonds is 3. The molecule has 1 aromatic heterocycles. The smallest absolute Gasteiger partial charge is 0.0457 e. The maximum Gasteiger partial charge on any atom is 0.0457 e. The summed E-state index contributed by atoms with van der Waals surface area (Å²) in [5.41, 5.74) is 13.4. The molecule has 20 heavy (non-hydrogen) atoms. The van der Waals surface area contributed by atoms with Crippen LogP contribution in [0.3, 0.4) is 0 Å². The minimum absolute atomic E-state index is 0.681. The lowest BCUT2D eigenvalue weighted by Crippen LogP contribution is -2.01. The predicted molar refractivity (Wildman–Crippen MR) is 86.0 cm³/mol. The van der Waals surface area contributed by atoms with Crippen LogP contribution in [0.25, 0.3) is 22.0 Å². The Labute approximate surface area is 119 Å². The van der Waals surface area contributed by atoms with Crippen LogP contribution in [-0.2, 0) is 6.42 Å². The summed E-state index contributed by atoms with van der Waals surface area (Å²) in [6.45, 7) is 4.99. The number of H-pyrrole nitrogens is 1. The molecule has 0 aliphatic carbocycles. The van der Waals surface area contributed by atoms with E-state index in [0.29, 0.717) is 6.54 Å². The molecule has 1 heterocycles. The molecular formula is C18H20N2. The number of hydrogen-bond donors (Lipinski definition) is 2. The Kier molecular flexibility index (Phi) is 3.33. The van der Waals surface area contributed by atoms with Crippen molar-refractivity contribution in [3.63, 3.8) is 0 Å². The molecule has 0 bridgehead atoms. The number of nitrogens with one attached hydrogen (secondary N) is 1. The van der Waals surface area contributed by atoms with E-state index in [1.165, 1.54) is 38.7 Å². The zero-order chi connectivity index (χ0) is 14.1. The van der Waals surface area contributed by atoms with Gasteiger partial charge in [-0.15, -0.1) is 0 Å². The lowest BCUT2D eigenvalue weighted by molar-refractivity contribution is 0.976. The molecule has 0 unspecified atom stereocenters. The zero-order valence-electron chi connectivity index (χ0n) is 12.0. The highest BCUT2D eigenvalue weighted by atomic mass is 14.7. The molecule has 0 saturated heterocycles. The normalized spacial score (nSPS) is 11.2. The van der Waals surface area contributed by atoms with Gasteiger partial charge in [0.25, 0.3) is 0 Å². The molecule has 0 radical (unpaired) electrons. The van der Waals surface area contributed by atoms with Gasteiger partial charge in [0.15, 0.2) is 0 Å². The quantitative estimate of drug-likeness (QED) is 0.739. The summed E-state index contributed by atoms with van der Waals surface area (Å²) >= 11 is 0. The van der Waals surface area contributed by atoms with Gasteiger partial charge in [0.2, 0.25) is 0 Å². The molecule has 0 spiro atoms. The van der Waals surface area contributed by atoms with Gasteiger partial charge in [0.1, 0.15) is 0 Å². The minimum atomic E-state index is 0.681. The molecular weight excluding hydrogens is 244 g/mol. The van der Waals surface area contributed by atoms with Crippen LogP contribution in [0.15, 0.2) is 42.6 Å². The lowest BCUT2D eigenvalue weighted by Gasteiger charge is -2.06. The Morgan fingerprint density at radius 3 is 2.45 bits per heavy atom. The third kappa shape index (κ3) is 2.23. The molecule has 102 valence electrons. The van der Waals surface area contributed by atoms with Crippen molar-refractivity contribution < 1.29 is 0 Å². The maximum atomic E-state index is 5.68. The fraction of sp³-hybridized carbons (Fsp3) is 0.222. The highest BCUT2D eigenvalue weighted by molar-refractivity contribution is 5.88. The maximum absolute atomic E-state index is 5.68. The topological polar surface area (TPSA) is 41.8 Å². The summed E-state index contributed by atoms with van der Waals surface area (Å²) in [6, 6.07) is 13.2. The van der Waals surface area contributed by atoms with Gasteiger partial charge in [-0.05, 0) is 66.8 Å². The number of benzene rings is 2. The molecule has 0 atom stereocenters. The van der Waals surface area contributed by atoms with Crippen LogP contribution >= 0.6 is 0 Å². The van der Waals surface area contributed by atoms with Crippen LogP contribution in [0.2, 0.25) is 0 Å². The minimum Gasteiger partial charge on any atom is -0.361 e. The van der Waals surface area contributed by atoms with Crippen molar-refractivity contribution in [1.82, 2.24) is 4.98 Å².